The lowest BCUT2D eigenvalue weighted by Crippen LogP contribution is -2.49. The Morgan fingerprint density at radius 1 is 1.21 bits per heavy atom. The molecule has 1 aromatic rings. The minimum atomic E-state index is -0.0371. The maximum atomic E-state index is 12.6. The molecule has 1 aliphatic heterocycles. The van der Waals surface area contributed by atoms with E-state index in [-0.39, 0.29) is 11.9 Å². The van der Waals surface area contributed by atoms with Gasteiger partial charge in [-0.15, -0.1) is 11.3 Å². The third-order valence-corrected chi connectivity index (χ3v) is 6.31. The monoisotopic (exact) mass is 350 g/mol. The van der Waals surface area contributed by atoms with Crippen molar-refractivity contribution in [2.24, 2.45) is 0 Å². The lowest BCUT2D eigenvalue weighted by Gasteiger charge is -2.30. The fourth-order valence-corrected chi connectivity index (χ4v) is 4.59. The number of aromatic nitrogens is 1. The molecule has 2 heterocycles. The van der Waals surface area contributed by atoms with Crippen LogP contribution >= 0.6 is 11.3 Å². The highest BCUT2D eigenvalue weighted by Crippen LogP contribution is 2.22. The second-order valence-corrected chi connectivity index (χ2v) is 8.00. The van der Waals surface area contributed by atoms with E-state index in [9.17, 15) is 4.79 Å². The van der Waals surface area contributed by atoms with E-state index in [0.717, 1.165) is 56.3 Å². The Kier molecular flexibility index (Phi) is 6.11. The highest BCUT2D eigenvalue weighted by atomic mass is 32.1. The Labute approximate surface area is 149 Å². The standard InChI is InChI=1S/C18H30N4OS/c1-14-13-24-18(19-14)22-10-6-9-21(11-12-22)15(2)17(23)20-16-7-4-3-5-8-16/h13,15-16H,3-12H2,1-2H3,(H,20,23)/t15-/m0/s1. The van der Waals surface area contributed by atoms with Gasteiger partial charge in [0.25, 0.3) is 0 Å². The maximum Gasteiger partial charge on any atom is 0.237 e. The van der Waals surface area contributed by atoms with Crippen LogP contribution in [0.4, 0.5) is 5.13 Å². The number of rotatable bonds is 4. The summed E-state index contributed by atoms with van der Waals surface area (Å²) in [5, 5.41) is 6.51. The second-order valence-electron chi connectivity index (χ2n) is 7.17. The second kappa shape index (κ2) is 8.30. The third kappa shape index (κ3) is 4.48. The number of hydrogen-bond donors (Lipinski definition) is 1. The molecule has 0 spiro atoms. The molecule has 0 aromatic carbocycles. The molecule has 24 heavy (non-hydrogen) atoms. The van der Waals surface area contributed by atoms with Gasteiger partial charge in [-0.3, -0.25) is 9.69 Å². The predicted octanol–water partition coefficient (Wildman–Crippen LogP) is 2.80. The fraction of sp³-hybridized carbons (Fsp3) is 0.778. The largest absolute Gasteiger partial charge is 0.352 e. The molecule has 1 aromatic heterocycles. The van der Waals surface area contributed by atoms with Crippen LogP contribution in [0.15, 0.2) is 5.38 Å². The molecule has 6 heteroatoms. The van der Waals surface area contributed by atoms with Crippen molar-refractivity contribution in [3.8, 4) is 0 Å². The van der Waals surface area contributed by atoms with Crippen molar-refractivity contribution < 1.29 is 4.79 Å². The van der Waals surface area contributed by atoms with Crippen LogP contribution in [-0.4, -0.2) is 54.1 Å². The topological polar surface area (TPSA) is 48.5 Å². The SMILES string of the molecule is Cc1csc(N2CCCN([C@@H](C)C(=O)NC3CCCCC3)CC2)n1. The first-order valence-corrected chi connectivity index (χ1v) is 10.2. The minimum Gasteiger partial charge on any atom is -0.352 e. The molecule has 5 nitrogen and oxygen atoms in total. The Bertz CT molecular complexity index is 541. The normalized spacial score (nSPS) is 22.2. The number of nitrogens with one attached hydrogen (secondary N) is 1. The molecular formula is C18H30N4OS. The molecular weight excluding hydrogens is 320 g/mol. The van der Waals surface area contributed by atoms with E-state index in [2.05, 4.69) is 32.4 Å². The van der Waals surface area contributed by atoms with Gasteiger partial charge in [0.1, 0.15) is 0 Å². The Balaban J connectivity index is 1.51. The number of nitrogens with zero attached hydrogens (tertiary/aromatic N) is 3. The van der Waals surface area contributed by atoms with Gasteiger partial charge in [-0.25, -0.2) is 4.98 Å². The van der Waals surface area contributed by atoms with Gasteiger partial charge >= 0.3 is 0 Å². The zero-order valence-electron chi connectivity index (χ0n) is 15.0. The van der Waals surface area contributed by atoms with E-state index >= 15 is 0 Å². The Morgan fingerprint density at radius 3 is 2.71 bits per heavy atom. The van der Waals surface area contributed by atoms with Gasteiger partial charge in [0.15, 0.2) is 5.13 Å². The van der Waals surface area contributed by atoms with Crippen molar-refractivity contribution in [3.05, 3.63) is 11.1 Å². The molecule has 2 aliphatic rings. The van der Waals surface area contributed by atoms with Gasteiger partial charge < -0.3 is 10.2 Å². The van der Waals surface area contributed by atoms with Crippen molar-refractivity contribution >= 4 is 22.4 Å². The zero-order chi connectivity index (χ0) is 16.9. The van der Waals surface area contributed by atoms with E-state index in [1.54, 1.807) is 11.3 Å². The van der Waals surface area contributed by atoms with E-state index < -0.39 is 0 Å². The van der Waals surface area contributed by atoms with Crippen molar-refractivity contribution in [1.82, 2.24) is 15.2 Å². The van der Waals surface area contributed by atoms with Crippen molar-refractivity contribution in [2.45, 2.75) is 64.5 Å². The lowest BCUT2D eigenvalue weighted by atomic mass is 9.95. The highest BCUT2D eigenvalue weighted by Gasteiger charge is 2.26. The first kappa shape index (κ1) is 17.7. The van der Waals surface area contributed by atoms with Crippen LogP contribution in [0.2, 0.25) is 0 Å². The average molecular weight is 351 g/mol. The van der Waals surface area contributed by atoms with Crippen LogP contribution in [0.25, 0.3) is 0 Å². The van der Waals surface area contributed by atoms with Crippen molar-refractivity contribution in [3.63, 3.8) is 0 Å². The summed E-state index contributed by atoms with van der Waals surface area (Å²) in [6.07, 6.45) is 7.21. The highest BCUT2D eigenvalue weighted by molar-refractivity contribution is 7.13. The Morgan fingerprint density at radius 2 is 2.00 bits per heavy atom. The first-order valence-electron chi connectivity index (χ1n) is 9.35. The van der Waals surface area contributed by atoms with Gasteiger partial charge in [-0.1, -0.05) is 19.3 Å². The molecule has 1 N–H and O–H groups in total. The van der Waals surface area contributed by atoms with E-state index in [4.69, 9.17) is 0 Å². The molecule has 1 aliphatic carbocycles. The summed E-state index contributed by atoms with van der Waals surface area (Å²) in [5.74, 6) is 0.209. The molecule has 1 atom stereocenters. The van der Waals surface area contributed by atoms with E-state index in [1.165, 1.54) is 19.3 Å². The number of amides is 1. The molecule has 0 radical (unpaired) electrons. The fourth-order valence-electron chi connectivity index (χ4n) is 3.74. The number of carbonyl (C=O) groups is 1. The van der Waals surface area contributed by atoms with Crippen LogP contribution in [0.1, 0.15) is 51.1 Å². The smallest absolute Gasteiger partial charge is 0.237 e. The summed E-state index contributed by atoms with van der Waals surface area (Å²) in [6.45, 7) is 8.00. The summed E-state index contributed by atoms with van der Waals surface area (Å²) in [4.78, 5) is 21.9. The molecule has 1 saturated carbocycles. The molecule has 134 valence electrons. The van der Waals surface area contributed by atoms with Crippen LogP contribution < -0.4 is 10.2 Å². The van der Waals surface area contributed by atoms with Gasteiger partial charge in [-0.2, -0.15) is 0 Å². The van der Waals surface area contributed by atoms with E-state index in [1.807, 2.05) is 6.92 Å². The summed E-state index contributed by atoms with van der Waals surface area (Å²) in [7, 11) is 0. The Hall–Kier alpha value is -1.14. The summed E-state index contributed by atoms with van der Waals surface area (Å²) < 4.78 is 0. The van der Waals surface area contributed by atoms with E-state index in [0.29, 0.717) is 6.04 Å². The van der Waals surface area contributed by atoms with Crippen molar-refractivity contribution in [2.75, 3.05) is 31.1 Å². The number of carbonyl (C=O) groups excluding carboxylic acids is 1. The number of aryl methyl sites for hydroxylation is 1. The van der Waals surface area contributed by atoms with Crippen molar-refractivity contribution in [1.29, 1.82) is 0 Å². The average Bonchev–Trinajstić information content (AvgIpc) is 2.88. The zero-order valence-corrected chi connectivity index (χ0v) is 15.8. The van der Waals surface area contributed by atoms with Gasteiger partial charge in [0.05, 0.1) is 11.7 Å². The first-order chi connectivity index (χ1) is 11.6. The molecule has 3 rings (SSSR count). The van der Waals surface area contributed by atoms with Gasteiger partial charge in [0, 0.05) is 37.6 Å². The predicted molar refractivity (Wildman–Crippen MR) is 99.7 cm³/mol. The summed E-state index contributed by atoms with van der Waals surface area (Å²) in [5.41, 5.74) is 1.09. The molecule has 0 bridgehead atoms. The molecule has 0 unspecified atom stereocenters. The molecule has 2 fully saturated rings. The minimum absolute atomic E-state index is 0.0371. The number of thiazole rings is 1. The summed E-state index contributed by atoms with van der Waals surface area (Å²) >= 11 is 1.72. The van der Waals surface area contributed by atoms with Crippen LogP contribution in [-0.2, 0) is 4.79 Å². The van der Waals surface area contributed by atoms with Crippen LogP contribution in [0.3, 0.4) is 0 Å². The van der Waals surface area contributed by atoms with Crippen LogP contribution in [0, 0.1) is 6.92 Å². The van der Waals surface area contributed by atoms with Gasteiger partial charge in [-0.05, 0) is 33.1 Å². The van der Waals surface area contributed by atoms with Gasteiger partial charge in [0.2, 0.25) is 5.91 Å². The summed E-state index contributed by atoms with van der Waals surface area (Å²) in [6, 6.07) is 0.361. The lowest BCUT2D eigenvalue weighted by molar-refractivity contribution is -0.126. The molecule has 1 amide bonds. The maximum absolute atomic E-state index is 12.6. The molecule has 1 saturated heterocycles. The number of anilines is 1. The number of hydrogen-bond acceptors (Lipinski definition) is 5. The van der Waals surface area contributed by atoms with Crippen LogP contribution in [0.5, 0.6) is 0 Å². The quantitative estimate of drug-likeness (QED) is 0.907. The third-order valence-electron chi connectivity index (χ3n) is 5.29.